The number of aryl methyl sites for hydroxylation is 1. The quantitative estimate of drug-likeness (QED) is 0.408. The van der Waals surface area contributed by atoms with Crippen LogP contribution in [0.1, 0.15) is 56.6 Å². The molecule has 2 saturated heterocycles. The van der Waals surface area contributed by atoms with Crippen LogP contribution in [-0.4, -0.2) is 56.3 Å². The van der Waals surface area contributed by atoms with Crippen molar-refractivity contribution in [2.45, 2.75) is 76.5 Å². The van der Waals surface area contributed by atoms with E-state index in [1.807, 2.05) is 12.1 Å². The predicted octanol–water partition coefficient (Wildman–Crippen LogP) is 3.23. The number of ether oxygens (including phenoxy) is 3. The molecule has 1 amide bonds. The number of fused-ring (bicyclic) bond motifs is 2. The van der Waals surface area contributed by atoms with Crippen molar-refractivity contribution in [3.63, 3.8) is 0 Å². The van der Waals surface area contributed by atoms with Crippen molar-refractivity contribution >= 4 is 17.8 Å². The molecule has 0 spiro atoms. The minimum absolute atomic E-state index is 0.0464. The third-order valence-corrected chi connectivity index (χ3v) is 7.16. The third-order valence-electron chi connectivity index (χ3n) is 7.16. The van der Waals surface area contributed by atoms with Crippen molar-refractivity contribution in [1.82, 2.24) is 5.32 Å². The van der Waals surface area contributed by atoms with Gasteiger partial charge in [0, 0.05) is 18.9 Å². The first-order valence-corrected chi connectivity index (χ1v) is 12.4. The van der Waals surface area contributed by atoms with Gasteiger partial charge < -0.3 is 19.5 Å². The summed E-state index contributed by atoms with van der Waals surface area (Å²) in [6, 6.07) is 7.82. The fraction of sp³-hybridized carbons (Fsp3) is 0.654. The first-order chi connectivity index (χ1) is 16.1. The number of methoxy groups -OCH3 is 1. The first kappa shape index (κ1) is 23.7. The van der Waals surface area contributed by atoms with Gasteiger partial charge in [0.15, 0.2) is 11.9 Å². The van der Waals surface area contributed by atoms with Gasteiger partial charge in [0.05, 0.1) is 25.2 Å². The highest BCUT2D eigenvalue weighted by Gasteiger charge is 2.52. The molecule has 1 aromatic carbocycles. The smallest absolute Gasteiger partial charge is 0.305 e. The molecule has 7 nitrogen and oxygen atoms in total. The van der Waals surface area contributed by atoms with Crippen LogP contribution in [-0.2, 0) is 36.6 Å². The lowest BCUT2D eigenvalue weighted by molar-refractivity contribution is -0.140. The minimum Gasteiger partial charge on any atom is -0.478 e. The average Bonchev–Trinajstić information content (AvgIpc) is 3.57. The van der Waals surface area contributed by atoms with Gasteiger partial charge in [-0.1, -0.05) is 44.0 Å². The van der Waals surface area contributed by atoms with Gasteiger partial charge in [-0.15, -0.1) is 0 Å². The van der Waals surface area contributed by atoms with Gasteiger partial charge in [-0.3, -0.25) is 9.59 Å². The number of carbonyl (C=O) groups excluding carboxylic acids is 2. The van der Waals surface area contributed by atoms with Crippen LogP contribution in [0.3, 0.4) is 0 Å². The second kappa shape index (κ2) is 11.1. The van der Waals surface area contributed by atoms with E-state index in [0.717, 1.165) is 38.5 Å². The second-order valence-corrected chi connectivity index (χ2v) is 9.32. The van der Waals surface area contributed by atoms with Gasteiger partial charge in [-0.25, -0.2) is 4.99 Å². The minimum atomic E-state index is -0.464. The number of amides is 1. The Balaban J connectivity index is 1.43. The van der Waals surface area contributed by atoms with E-state index >= 15 is 0 Å². The molecular weight excluding hydrogens is 420 g/mol. The Labute approximate surface area is 196 Å². The van der Waals surface area contributed by atoms with Crippen LogP contribution in [0.5, 0.6) is 0 Å². The number of esters is 1. The van der Waals surface area contributed by atoms with E-state index in [4.69, 9.17) is 19.2 Å². The SMILES string of the molecule is CCCCCNC(=O)C1COC([C@H]2[C@@H](Cc3ccccc3CCC(=O)OC)[C@@H]3CC[C@H]2O3)=N1. The summed E-state index contributed by atoms with van der Waals surface area (Å²) in [6.45, 7) is 3.15. The molecule has 3 aliphatic heterocycles. The maximum absolute atomic E-state index is 12.5. The molecule has 7 heteroatoms. The van der Waals surface area contributed by atoms with E-state index in [1.54, 1.807) is 0 Å². The van der Waals surface area contributed by atoms with Crippen molar-refractivity contribution in [2.75, 3.05) is 20.3 Å². The molecule has 0 aromatic heterocycles. The summed E-state index contributed by atoms with van der Waals surface area (Å²) in [4.78, 5) is 28.9. The van der Waals surface area contributed by atoms with Crippen LogP contribution in [0.2, 0.25) is 0 Å². The van der Waals surface area contributed by atoms with Crippen LogP contribution < -0.4 is 5.32 Å². The lowest BCUT2D eigenvalue weighted by Crippen LogP contribution is -2.35. The van der Waals surface area contributed by atoms with Crippen molar-refractivity contribution in [3.05, 3.63) is 35.4 Å². The highest BCUT2D eigenvalue weighted by atomic mass is 16.5. The number of nitrogens with one attached hydrogen (secondary N) is 1. The Kier molecular flexibility index (Phi) is 8.02. The zero-order chi connectivity index (χ0) is 23.2. The summed E-state index contributed by atoms with van der Waals surface area (Å²) in [5, 5.41) is 3.00. The largest absolute Gasteiger partial charge is 0.478 e. The maximum Gasteiger partial charge on any atom is 0.305 e. The monoisotopic (exact) mass is 456 g/mol. The zero-order valence-corrected chi connectivity index (χ0v) is 19.8. The molecule has 1 aromatic rings. The molecule has 33 heavy (non-hydrogen) atoms. The molecule has 1 N–H and O–H groups in total. The molecule has 3 heterocycles. The molecule has 4 rings (SSSR count). The van der Waals surface area contributed by atoms with E-state index in [2.05, 4.69) is 24.4 Å². The fourth-order valence-corrected chi connectivity index (χ4v) is 5.38. The summed E-state index contributed by atoms with van der Waals surface area (Å²) < 4.78 is 17.1. The van der Waals surface area contributed by atoms with Gasteiger partial charge in [-0.05, 0) is 43.2 Å². The van der Waals surface area contributed by atoms with Crippen molar-refractivity contribution in [2.24, 2.45) is 16.8 Å². The average molecular weight is 457 g/mol. The Morgan fingerprint density at radius 1 is 1.15 bits per heavy atom. The van der Waals surface area contributed by atoms with Gasteiger partial charge >= 0.3 is 5.97 Å². The van der Waals surface area contributed by atoms with E-state index in [9.17, 15) is 9.59 Å². The number of hydrogen-bond acceptors (Lipinski definition) is 6. The van der Waals surface area contributed by atoms with E-state index in [0.29, 0.717) is 31.9 Å². The van der Waals surface area contributed by atoms with Gasteiger partial charge in [0.2, 0.25) is 5.91 Å². The third kappa shape index (κ3) is 5.57. The van der Waals surface area contributed by atoms with Crippen molar-refractivity contribution in [1.29, 1.82) is 0 Å². The van der Waals surface area contributed by atoms with E-state index in [-0.39, 0.29) is 35.9 Å². The number of hydrogen-bond donors (Lipinski definition) is 1. The number of carbonyl (C=O) groups is 2. The van der Waals surface area contributed by atoms with Crippen LogP contribution in [0, 0.1) is 11.8 Å². The van der Waals surface area contributed by atoms with Gasteiger partial charge in [0.1, 0.15) is 6.61 Å². The van der Waals surface area contributed by atoms with Crippen LogP contribution in [0.4, 0.5) is 0 Å². The molecule has 3 aliphatic rings. The number of nitrogens with zero attached hydrogens (tertiary/aromatic N) is 1. The van der Waals surface area contributed by atoms with Crippen LogP contribution in [0.25, 0.3) is 0 Å². The number of rotatable bonds is 11. The van der Waals surface area contributed by atoms with Crippen LogP contribution in [0.15, 0.2) is 29.3 Å². The molecule has 5 atom stereocenters. The summed E-state index contributed by atoms with van der Waals surface area (Å²) in [5.41, 5.74) is 2.40. The second-order valence-electron chi connectivity index (χ2n) is 9.32. The molecular formula is C26H36N2O5. The molecule has 180 valence electrons. The topological polar surface area (TPSA) is 86.2 Å². The highest BCUT2D eigenvalue weighted by molar-refractivity contribution is 5.90. The van der Waals surface area contributed by atoms with Crippen molar-refractivity contribution < 1.29 is 23.8 Å². The maximum atomic E-state index is 12.5. The predicted molar refractivity (Wildman–Crippen MR) is 125 cm³/mol. The molecule has 2 fully saturated rings. The summed E-state index contributed by atoms with van der Waals surface area (Å²) >= 11 is 0. The van der Waals surface area contributed by atoms with Gasteiger partial charge in [-0.2, -0.15) is 0 Å². The molecule has 0 aliphatic carbocycles. The molecule has 0 radical (unpaired) electrons. The Bertz CT molecular complexity index is 870. The van der Waals surface area contributed by atoms with Crippen molar-refractivity contribution in [3.8, 4) is 0 Å². The van der Waals surface area contributed by atoms with Gasteiger partial charge in [0.25, 0.3) is 0 Å². The number of unbranched alkanes of at least 4 members (excludes halogenated alkanes) is 2. The van der Waals surface area contributed by atoms with E-state index < -0.39 is 6.04 Å². The lowest BCUT2D eigenvalue weighted by Gasteiger charge is -2.28. The zero-order valence-electron chi connectivity index (χ0n) is 19.8. The molecule has 1 unspecified atom stereocenters. The Hall–Kier alpha value is -2.41. The summed E-state index contributed by atoms with van der Waals surface area (Å²) in [6.07, 6.45) is 7.44. The molecule has 0 saturated carbocycles. The van der Waals surface area contributed by atoms with Crippen LogP contribution >= 0.6 is 0 Å². The Morgan fingerprint density at radius 3 is 2.73 bits per heavy atom. The summed E-state index contributed by atoms with van der Waals surface area (Å²) in [7, 11) is 1.42. The molecule has 2 bridgehead atoms. The highest BCUT2D eigenvalue weighted by Crippen LogP contribution is 2.46. The lowest BCUT2D eigenvalue weighted by atomic mass is 9.75. The normalized spacial score (nSPS) is 27.8. The fourth-order valence-electron chi connectivity index (χ4n) is 5.38. The first-order valence-electron chi connectivity index (χ1n) is 12.4. The summed E-state index contributed by atoms with van der Waals surface area (Å²) in [5.74, 6) is 0.782. The number of aliphatic imine (C=N–C) groups is 1. The standard InChI is InChI=1S/C26H36N2O5/c1-3-4-7-14-27-25(30)20-16-32-26(28-20)24-19(21-11-12-22(24)33-21)15-18-9-6-5-8-17(18)10-13-23(29)31-2/h5-6,8-9,19-22,24H,3-4,7,10-16H2,1-2H3,(H,27,30)/t19-,20?,21-,22+,24-/m0/s1. The van der Waals surface area contributed by atoms with E-state index in [1.165, 1.54) is 18.2 Å². The Morgan fingerprint density at radius 2 is 1.94 bits per heavy atom. The number of benzene rings is 1.